The number of aromatic nitrogens is 1. The molecule has 0 spiro atoms. The van der Waals surface area contributed by atoms with E-state index in [1.807, 2.05) is 44.2 Å². The van der Waals surface area contributed by atoms with Gasteiger partial charge in [0.2, 0.25) is 0 Å². The molecule has 1 saturated carbocycles. The Bertz CT molecular complexity index is 985. The van der Waals surface area contributed by atoms with Crippen molar-refractivity contribution in [2.75, 3.05) is 6.54 Å². The zero-order valence-corrected chi connectivity index (χ0v) is 17.6. The minimum Gasteiger partial charge on any atom is -0.488 e. The van der Waals surface area contributed by atoms with E-state index in [-0.39, 0.29) is 11.3 Å². The van der Waals surface area contributed by atoms with E-state index in [4.69, 9.17) is 9.26 Å². The van der Waals surface area contributed by atoms with Crippen molar-refractivity contribution in [3.05, 3.63) is 82.7 Å². The number of aryl methyl sites for hydroxylation is 2. The second-order valence-electron chi connectivity index (χ2n) is 8.12. The van der Waals surface area contributed by atoms with Crippen molar-refractivity contribution in [1.82, 2.24) is 10.5 Å². The monoisotopic (exact) mass is 404 g/mol. The molecule has 1 amide bonds. The molecule has 0 bridgehead atoms. The van der Waals surface area contributed by atoms with Gasteiger partial charge < -0.3 is 14.6 Å². The molecule has 0 unspecified atom stereocenters. The van der Waals surface area contributed by atoms with E-state index in [0.29, 0.717) is 24.5 Å². The maximum Gasteiger partial charge on any atom is 0.255 e. The fourth-order valence-corrected chi connectivity index (χ4v) is 4.39. The number of carbonyl (C=O) groups excluding carboxylic acids is 1. The lowest BCUT2D eigenvalue weighted by molar-refractivity contribution is 0.0938. The number of para-hydroxylation sites is 1. The number of benzene rings is 2. The molecule has 1 heterocycles. The Labute approximate surface area is 177 Å². The van der Waals surface area contributed by atoms with Gasteiger partial charge in [-0.15, -0.1) is 0 Å². The van der Waals surface area contributed by atoms with Gasteiger partial charge in [-0.2, -0.15) is 0 Å². The van der Waals surface area contributed by atoms with Gasteiger partial charge in [0.25, 0.3) is 5.91 Å². The second kappa shape index (κ2) is 8.74. The average molecular weight is 405 g/mol. The van der Waals surface area contributed by atoms with Crippen molar-refractivity contribution in [3.63, 3.8) is 0 Å². The third-order valence-electron chi connectivity index (χ3n) is 6.22. The van der Waals surface area contributed by atoms with Gasteiger partial charge in [-0.3, -0.25) is 4.79 Å². The molecule has 1 aliphatic carbocycles. The number of hydrogen-bond acceptors (Lipinski definition) is 4. The fraction of sp³-hybridized carbons (Fsp3) is 0.360. The number of hydrogen-bond donors (Lipinski definition) is 1. The molecule has 3 aromatic rings. The van der Waals surface area contributed by atoms with Crippen molar-refractivity contribution in [1.29, 1.82) is 0 Å². The van der Waals surface area contributed by atoms with Crippen LogP contribution in [0.4, 0.5) is 0 Å². The first-order valence-electron chi connectivity index (χ1n) is 10.6. The number of nitrogens with zero attached hydrogens (tertiary/aromatic N) is 1. The summed E-state index contributed by atoms with van der Waals surface area (Å²) < 4.78 is 11.2. The molecular weight excluding hydrogens is 376 g/mol. The van der Waals surface area contributed by atoms with E-state index < -0.39 is 0 Å². The van der Waals surface area contributed by atoms with E-state index in [1.165, 1.54) is 18.4 Å². The van der Waals surface area contributed by atoms with E-state index in [1.54, 1.807) is 0 Å². The third-order valence-corrected chi connectivity index (χ3v) is 6.22. The Kier molecular flexibility index (Phi) is 5.88. The minimum atomic E-state index is -0.105. The van der Waals surface area contributed by atoms with E-state index in [0.717, 1.165) is 29.9 Å². The van der Waals surface area contributed by atoms with Crippen molar-refractivity contribution >= 4 is 5.91 Å². The number of rotatable bonds is 7. The van der Waals surface area contributed by atoms with Crippen LogP contribution >= 0.6 is 0 Å². The van der Waals surface area contributed by atoms with Crippen molar-refractivity contribution in [3.8, 4) is 5.75 Å². The summed E-state index contributed by atoms with van der Waals surface area (Å²) in [5, 5.41) is 7.15. The standard InChI is InChI=1S/C25H28N2O3/c1-18-22(19(2)30-27-18)16-29-23-13-7-6-12-21(23)24(28)26-17-25(14-8-9-15-25)20-10-4-3-5-11-20/h3-7,10-13H,8-9,14-17H2,1-2H3,(H,26,28). The quantitative estimate of drug-likeness (QED) is 0.594. The number of ether oxygens (including phenoxy) is 1. The zero-order chi connectivity index (χ0) is 21.0. The Morgan fingerprint density at radius 1 is 1.07 bits per heavy atom. The molecule has 0 aliphatic heterocycles. The molecule has 0 atom stereocenters. The lowest BCUT2D eigenvalue weighted by Crippen LogP contribution is -2.39. The Balaban J connectivity index is 1.47. The van der Waals surface area contributed by atoms with Gasteiger partial charge >= 0.3 is 0 Å². The molecule has 0 saturated heterocycles. The second-order valence-corrected chi connectivity index (χ2v) is 8.12. The van der Waals surface area contributed by atoms with Crippen molar-refractivity contribution < 1.29 is 14.1 Å². The molecular formula is C25H28N2O3. The van der Waals surface area contributed by atoms with Crippen LogP contribution in [-0.2, 0) is 12.0 Å². The van der Waals surface area contributed by atoms with Gasteiger partial charge in [0.15, 0.2) is 0 Å². The summed E-state index contributed by atoms with van der Waals surface area (Å²) in [6.07, 6.45) is 4.59. The molecule has 1 aromatic heterocycles. The SMILES string of the molecule is Cc1noc(C)c1COc1ccccc1C(=O)NCC1(c2ccccc2)CCCC1. The number of carbonyl (C=O) groups is 1. The summed E-state index contributed by atoms with van der Waals surface area (Å²) in [6, 6.07) is 17.9. The van der Waals surface area contributed by atoms with Crippen LogP contribution < -0.4 is 10.1 Å². The van der Waals surface area contributed by atoms with Gasteiger partial charge in [-0.05, 0) is 44.4 Å². The van der Waals surface area contributed by atoms with Crippen LogP contribution in [0.5, 0.6) is 5.75 Å². The Morgan fingerprint density at radius 3 is 2.47 bits per heavy atom. The molecule has 5 nitrogen and oxygen atoms in total. The molecule has 1 fully saturated rings. The van der Waals surface area contributed by atoms with E-state index in [2.05, 4.69) is 34.7 Å². The van der Waals surface area contributed by atoms with Crippen LogP contribution in [0.15, 0.2) is 59.1 Å². The van der Waals surface area contributed by atoms with Gasteiger partial charge in [-0.25, -0.2) is 0 Å². The van der Waals surface area contributed by atoms with Gasteiger partial charge in [0.05, 0.1) is 16.8 Å². The number of amides is 1. The van der Waals surface area contributed by atoms with Crippen LogP contribution in [0, 0.1) is 13.8 Å². The summed E-state index contributed by atoms with van der Waals surface area (Å²) in [6.45, 7) is 4.70. The molecule has 0 radical (unpaired) electrons. The highest BCUT2D eigenvalue weighted by Crippen LogP contribution is 2.40. The molecule has 1 aliphatic rings. The topological polar surface area (TPSA) is 64.4 Å². The first-order chi connectivity index (χ1) is 14.6. The lowest BCUT2D eigenvalue weighted by atomic mass is 9.79. The van der Waals surface area contributed by atoms with E-state index >= 15 is 0 Å². The first kappa shape index (κ1) is 20.2. The minimum absolute atomic E-state index is 0.0173. The summed E-state index contributed by atoms with van der Waals surface area (Å²) in [7, 11) is 0. The molecule has 30 heavy (non-hydrogen) atoms. The van der Waals surface area contributed by atoms with Crippen molar-refractivity contribution in [2.45, 2.75) is 51.6 Å². The maximum absolute atomic E-state index is 13.1. The van der Waals surface area contributed by atoms with Gasteiger partial charge in [0, 0.05) is 12.0 Å². The molecule has 2 aromatic carbocycles. The molecule has 4 rings (SSSR count). The Morgan fingerprint density at radius 2 is 1.77 bits per heavy atom. The van der Waals surface area contributed by atoms with E-state index in [9.17, 15) is 4.79 Å². The predicted molar refractivity (Wildman–Crippen MR) is 116 cm³/mol. The summed E-state index contributed by atoms with van der Waals surface area (Å²) >= 11 is 0. The average Bonchev–Trinajstić information content (AvgIpc) is 3.39. The number of nitrogens with one attached hydrogen (secondary N) is 1. The van der Waals surface area contributed by atoms with Gasteiger partial charge in [0.1, 0.15) is 18.1 Å². The molecule has 5 heteroatoms. The summed E-state index contributed by atoms with van der Waals surface area (Å²) in [5.41, 5.74) is 3.60. The maximum atomic E-state index is 13.1. The van der Waals surface area contributed by atoms with Crippen molar-refractivity contribution in [2.24, 2.45) is 0 Å². The fourth-order valence-electron chi connectivity index (χ4n) is 4.39. The predicted octanol–water partition coefficient (Wildman–Crippen LogP) is 5.11. The lowest BCUT2D eigenvalue weighted by Gasteiger charge is -2.30. The largest absolute Gasteiger partial charge is 0.488 e. The van der Waals surface area contributed by atoms with Crippen LogP contribution in [-0.4, -0.2) is 17.6 Å². The molecule has 1 N–H and O–H groups in total. The Hall–Kier alpha value is -3.08. The van der Waals surface area contributed by atoms with Crippen LogP contribution in [0.3, 0.4) is 0 Å². The highest BCUT2D eigenvalue weighted by Gasteiger charge is 2.36. The van der Waals surface area contributed by atoms with Crippen LogP contribution in [0.2, 0.25) is 0 Å². The van der Waals surface area contributed by atoms with Crippen LogP contribution in [0.1, 0.15) is 58.6 Å². The highest BCUT2D eigenvalue weighted by atomic mass is 16.5. The smallest absolute Gasteiger partial charge is 0.255 e. The highest BCUT2D eigenvalue weighted by molar-refractivity contribution is 5.97. The molecule has 156 valence electrons. The van der Waals surface area contributed by atoms with Crippen LogP contribution in [0.25, 0.3) is 0 Å². The summed E-state index contributed by atoms with van der Waals surface area (Å²) in [4.78, 5) is 13.1. The zero-order valence-electron chi connectivity index (χ0n) is 17.6. The normalized spacial score (nSPS) is 15.1. The third kappa shape index (κ3) is 4.11. The first-order valence-corrected chi connectivity index (χ1v) is 10.6. The summed E-state index contributed by atoms with van der Waals surface area (Å²) in [5.74, 6) is 1.20. The van der Waals surface area contributed by atoms with Gasteiger partial charge in [-0.1, -0.05) is 60.5 Å².